The molecule has 3 fully saturated rings. The van der Waals surface area contributed by atoms with E-state index in [1.165, 1.54) is 54.7 Å². The fraction of sp³-hybridized carbons (Fsp3) is 0.628. The van der Waals surface area contributed by atoms with Crippen LogP contribution in [0.4, 0.5) is 10.5 Å². The average Bonchev–Trinajstić information content (AvgIpc) is 3.84. The number of imide groups is 1. The SMILES string of the molecule is COc1cc2cc(c1Cl)N(C)C(=O)C[C@H](OC(=O)[C@H](C)N(C)C(=O)CCCCCN1C(=O)CC(SC)C1=O)C1(C)O[C@H]1[C@H](C)C1C[C@@](O)(NC(=O)O1)[C@H](OC)/C=C/C=C(\C)C2. The molecule has 18 heteroatoms. The number of alkyl carbamates (subject to hydrolysis) is 1. The van der Waals surface area contributed by atoms with Crippen LogP contribution in [-0.2, 0) is 49.3 Å². The number of allylic oxidation sites excluding steroid dienone is 3. The van der Waals surface area contributed by atoms with Gasteiger partial charge >= 0.3 is 12.1 Å². The highest BCUT2D eigenvalue weighted by Crippen LogP contribution is 2.49. The summed E-state index contributed by atoms with van der Waals surface area (Å²) < 4.78 is 29.3. The molecule has 1 aromatic carbocycles. The van der Waals surface area contributed by atoms with Gasteiger partial charge in [-0.25, -0.2) is 9.59 Å². The first-order valence-electron chi connectivity index (χ1n) is 20.5. The summed E-state index contributed by atoms with van der Waals surface area (Å²) in [6, 6.07) is 2.51. The van der Waals surface area contributed by atoms with Gasteiger partial charge in [0.1, 0.15) is 40.7 Å². The number of anilines is 1. The summed E-state index contributed by atoms with van der Waals surface area (Å²) in [6.45, 7) is 7.23. The number of carbonyl (C=O) groups excluding carboxylic acids is 6. The molecule has 61 heavy (non-hydrogen) atoms. The second-order valence-corrected chi connectivity index (χ2v) is 17.9. The first-order valence-corrected chi connectivity index (χ1v) is 22.2. The number of rotatable bonds is 12. The highest BCUT2D eigenvalue weighted by Gasteiger charge is 2.64. The number of carbonyl (C=O) groups is 6. The number of methoxy groups -OCH3 is 2. The fourth-order valence-corrected chi connectivity index (χ4v) is 9.14. The largest absolute Gasteiger partial charge is 0.495 e. The minimum absolute atomic E-state index is 0.0748. The highest BCUT2D eigenvalue weighted by molar-refractivity contribution is 8.00. The Morgan fingerprint density at radius 3 is 2.51 bits per heavy atom. The number of fused-ring (bicyclic) bond motifs is 5. The van der Waals surface area contributed by atoms with Gasteiger partial charge in [0.15, 0.2) is 5.72 Å². The molecule has 4 bridgehead atoms. The topological polar surface area (TPSA) is 194 Å². The zero-order valence-corrected chi connectivity index (χ0v) is 37.9. The number of halogens is 1. The molecule has 0 saturated carbocycles. The smallest absolute Gasteiger partial charge is 0.409 e. The number of thioether (sulfide) groups is 1. The molecule has 0 spiro atoms. The lowest BCUT2D eigenvalue weighted by atomic mass is 9.83. The maximum atomic E-state index is 14.2. The van der Waals surface area contributed by atoms with Gasteiger partial charge in [0, 0.05) is 52.9 Å². The number of amides is 5. The van der Waals surface area contributed by atoms with Gasteiger partial charge in [-0.05, 0) is 64.0 Å². The lowest BCUT2D eigenvalue weighted by Crippen LogP contribution is -2.63. The molecule has 5 rings (SSSR count). The van der Waals surface area contributed by atoms with E-state index >= 15 is 0 Å². The molecule has 0 aliphatic carbocycles. The predicted octanol–water partition coefficient (Wildman–Crippen LogP) is 4.57. The van der Waals surface area contributed by atoms with Crippen molar-refractivity contribution in [2.75, 3.05) is 46.0 Å². The Labute approximate surface area is 366 Å². The van der Waals surface area contributed by atoms with Crippen LogP contribution in [-0.4, -0.2) is 139 Å². The number of ether oxygens (including phenoxy) is 5. The summed E-state index contributed by atoms with van der Waals surface area (Å²) in [6.07, 6.45) is 4.41. The Balaban J connectivity index is 1.36. The Hall–Kier alpha value is -4.16. The second kappa shape index (κ2) is 19.9. The van der Waals surface area contributed by atoms with Gasteiger partial charge in [0.2, 0.25) is 23.6 Å². The van der Waals surface area contributed by atoms with Crippen molar-refractivity contribution in [3.63, 3.8) is 0 Å². The molecule has 4 heterocycles. The van der Waals surface area contributed by atoms with Gasteiger partial charge in [0.25, 0.3) is 0 Å². The maximum Gasteiger partial charge on any atom is 0.409 e. The van der Waals surface area contributed by atoms with Crippen molar-refractivity contribution >= 4 is 64.7 Å². The predicted molar refractivity (Wildman–Crippen MR) is 228 cm³/mol. The fourth-order valence-electron chi connectivity index (χ4n) is 8.19. The monoisotopic (exact) mass is 890 g/mol. The van der Waals surface area contributed by atoms with Crippen molar-refractivity contribution in [1.29, 1.82) is 0 Å². The lowest BCUT2D eigenvalue weighted by Gasteiger charge is -2.42. The minimum atomic E-state index is -1.85. The van der Waals surface area contributed by atoms with E-state index in [2.05, 4.69) is 5.32 Å². The normalized spacial score (nSPS) is 31.3. The molecule has 16 nitrogen and oxygen atoms in total. The van der Waals surface area contributed by atoms with Crippen LogP contribution in [0.15, 0.2) is 35.9 Å². The van der Waals surface area contributed by atoms with Gasteiger partial charge in [-0.3, -0.25) is 29.4 Å². The van der Waals surface area contributed by atoms with Gasteiger partial charge < -0.3 is 38.6 Å². The summed E-state index contributed by atoms with van der Waals surface area (Å²) in [5.74, 6) is -2.11. The van der Waals surface area contributed by atoms with E-state index in [1.54, 1.807) is 51.4 Å². The number of unbranched alkanes of at least 4 members (excludes halogenated alkanes) is 2. The van der Waals surface area contributed by atoms with Crippen LogP contribution >= 0.6 is 23.4 Å². The zero-order chi connectivity index (χ0) is 45.0. The van der Waals surface area contributed by atoms with E-state index in [0.29, 0.717) is 43.7 Å². The summed E-state index contributed by atoms with van der Waals surface area (Å²) >= 11 is 8.15. The van der Waals surface area contributed by atoms with Crippen LogP contribution in [0.2, 0.25) is 5.02 Å². The molecular weight excluding hydrogens is 832 g/mol. The number of benzene rings is 1. The van der Waals surface area contributed by atoms with Crippen LogP contribution in [0, 0.1) is 5.92 Å². The van der Waals surface area contributed by atoms with Gasteiger partial charge in [0.05, 0.1) is 30.6 Å². The van der Waals surface area contributed by atoms with Crippen LogP contribution in [0.1, 0.15) is 78.2 Å². The van der Waals surface area contributed by atoms with Crippen molar-refractivity contribution in [2.24, 2.45) is 5.92 Å². The van der Waals surface area contributed by atoms with E-state index < -0.39 is 65.7 Å². The van der Waals surface area contributed by atoms with Gasteiger partial charge in [-0.1, -0.05) is 48.7 Å². The number of epoxide rings is 1. The van der Waals surface area contributed by atoms with Crippen LogP contribution in [0.3, 0.4) is 0 Å². The van der Waals surface area contributed by atoms with E-state index in [1.807, 2.05) is 13.0 Å². The van der Waals surface area contributed by atoms with Gasteiger partial charge in [-0.15, -0.1) is 0 Å². The van der Waals surface area contributed by atoms with Crippen molar-refractivity contribution < 1.29 is 57.6 Å². The van der Waals surface area contributed by atoms with Crippen molar-refractivity contribution in [3.05, 3.63) is 46.5 Å². The number of aliphatic hydroxyl groups is 1. The molecule has 1 aromatic rings. The summed E-state index contributed by atoms with van der Waals surface area (Å²) in [7, 11) is 5.96. The third-order valence-corrected chi connectivity index (χ3v) is 13.6. The molecule has 2 N–H and O–H groups in total. The third-order valence-electron chi connectivity index (χ3n) is 12.3. The molecule has 0 radical (unpaired) electrons. The Morgan fingerprint density at radius 1 is 1.13 bits per heavy atom. The maximum absolute atomic E-state index is 14.2. The van der Waals surface area contributed by atoms with Crippen LogP contribution in [0.5, 0.6) is 5.75 Å². The highest BCUT2D eigenvalue weighted by atomic mass is 35.5. The van der Waals surface area contributed by atoms with E-state index in [-0.39, 0.29) is 53.7 Å². The standard InChI is InChI=1S/C43H59ClN4O12S/c1-24-14-13-15-32(57-8)43(55)23-30(58-41(54)45-43)25(2)38-42(4,60-38)33(22-35(50)47(6)28-19-27(18-24)20-29(56-7)37(28)44)59-40(53)26(3)46(5)34(49)16-11-10-12-17-48-36(51)21-31(61-9)39(48)52/h13-15,19-20,25-26,30-33,38,55H,10-12,16-18,21-23H2,1-9H3,(H,45,54)/b15-13+,24-14+/t25-,26+,30?,31?,32-,33+,38+,42?,43+/m1/s1. The molecule has 4 aliphatic heterocycles. The number of likely N-dealkylation sites (tertiary alicyclic amines) is 1. The Kier molecular flexibility index (Phi) is 15.6. The zero-order valence-electron chi connectivity index (χ0n) is 36.4. The number of nitrogens with zero attached hydrogens (tertiary/aromatic N) is 3. The summed E-state index contributed by atoms with van der Waals surface area (Å²) in [4.78, 5) is 83.0. The summed E-state index contributed by atoms with van der Waals surface area (Å²) in [5, 5.41) is 14.2. The molecule has 0 aromatic heterocycles. The molecule has 3 unspecified atom stereocenters. The molecule has 9 atom stereocenters. The van der Waals surface area contributed by atoms with Crippen molar-refractivity contribution in [1.82, 2.24) is 15.1 Å². The van der Waals surface area contributed by atoms with Crippen LogP contribution < -0.4 is 15.0 Å². The Bertz CT molecular complexity index is 1930. The number of esters is 1. The van der Waals surface area contributed by atoms with E-state index in [4.69, 9.17) is 35.3 Å². The average molecular weight is 891 g/mol. The van der Waals surface area contributed by atoms with E-state index in [0.717, 1.165) is 11.1 Å². The van der Waals surface area contributed by atoms with Gasteiger partial charge in [-0.2, -0.15) is 11.8 Å². The second-order valence-electron chi connectivity index (χ2n) is 16.5. The van der Waals surface area contributed by atoms with Crippen molar-refractivity contribution in [2.45, 2.75) is 126 Å². The first kappa shape index (κ1) is 47.9. The number of hydrogen-bond acceptors (Lipinski definition) is 13. The number of nitrogens with one attached hydrogen (secondary N) is 1. The number of likely N-dealkylation sites (N-methyl/N-ethyl adjacent to an activating group) is 1. The molecule has 336 valence electrons. The molecule has 5 amide bonds. The quantitative estimate of drug-likeness (QED) is 0.129. The lowest BCUT2D eigenvalue weighted by molar-refractivity contribution is -0.162. The van der Waals surface area contributed by atoms with Crippen LogP contribution in [0.25, 0.3) is 0 Å². The molecule has 4 aliphatic rings. The van der Waals surface area contributed by atoms with E-state index in [9.17, 15) is 33.9 Å². The minimum Gasteiger partial charge on any atom is -0.495 e. The summed E-state index contributed by atoms with van der Waals surface area (Å²) in [5.41, 5.74) is -1.04. The van der Waals surface area contributed by atoms with Crippen molar-refractivity contribution in [3.8, 4) is 5.75 Å². The number of hydrogen-bond donors (Lipinski definition) is 2. The molecular formula is C43H59ClN4O12S. The Morgan fingerprint density at radius 2 is 1.85 bits per heavy atom. The third kappa shape index (κ3) is 10.7. The first-order chi connectivity index (χ1) is 28.8. The molecule has 3 saturated heterocycles.